The van der Waals surface area contributed by atoms with Crippen LogP contribution in [0.5, 0.6) is 0 Å². The molecule has 0 spiro atoms. The third-order valence-corrected chi connectivity index (χ3v) is 5.51. The first-order valence-corrected chi connectivity index (χ1v) is 9.36. The van der Waals surface area contributed by atoms with Gasteiger partial charge in [0.05, 0.1) is 5.69 Å². The van der Waals surface area contributed by atoms with Gasteiger partial charge in [-0.15, -0.1) is 11.3 Å². The van der Waals surface area contributed by atoms with E-state index in [9.17, 15) is 9.59 Å². The third-order valence-electron chi connectivity index (χ3n) is 4.38. The number of aromatic nitrogens is 1. The molecule has 1 atom stereocenters. The lowest BCUT2D eigenvalue weighted by atomic mass is 10.1. The maximum absolute atomic E-state index is 12.0. The van der Waals surface area contributed by atoms with E-state index in [4.69, 9.17) is 0 Å². The molecule has 1 unspecified atom stereocenters. The Bertz CT molecular complexity index is 888. The van der Waals surface area contributed by atoms with Crippen molar-refractivity contribution in [2.45, 2.75) is 33.2 Å². The molecule has 1 aliphatic heterocycles. The van der Waals surface area contributed by atoms with Crippen molar-refractivity contribution in [1.82, 2.24) is 10.3 Å². The van der Waals surface area contributed by atoms with Crippen LogP contribution in [0.3, 0.4) is 0 Å². The number of benzene rings is 1. The van der Waals surface area contributed by atoms with E-state index >= 15 is 0 Å². The van der Waals surface area contributed by atoms with Gasteiger partial charge in [0.15, 0.2) is 5.13 Å². The highest BCUT2D eigenvalue weighted by Gasteiger charge is 2.25. The van der Waals surface area contributed by atoms with Crippen molar-refractivity contribution in [3.8, 4) is 11.8 Å². The number of hydrogen-bond donors (Lipinski definition) is 1. The van der Waals surface area contributed by atoms with E-state index < -0.39 is 5.91 Å². The zero-order valence-electron chi connectivity index (χ0n) is 15.1. The average molecular weight is 367 g/mol. The minimum Gasteiger partial charge on any atom is -0.346 e. The molecule has 1 fully saturated rings. The molecule has 0 aliphatic carbocycles. The first kappa shape index (κ1) is 18.2. The fraction of sp³-hybridized carbons (Fsp3) is 0.350. The van der Waals surface area contributed by atoms with Crippen LogP contribution in [-0.4, -0.2) is 35.8 Å². The highest BCUT2D eigenvalue weighted by Crippen LogP contribution is 2.27. The molecule has 5 nitrogen and oxygen atoms in total. The Morgan fingerprint density at radius 2 is 2.08 bits per heavy atom. The average Bonchev–Trinajstić information content (AvgIpc) is 3.19. The van der Waals surface area contributed by atoms with Gasteiger partial charge in [-0.1, -0.05) is 23.8 Å². The van der Waals surface area contributed by atoms with Crippen LogP contribution in [0.15, 0.2) is 24.3 Å². The summed E-state index contributed by atoms with van der Waals surface area (Å²) in [5.41, 5.74) is 2.55. The quantitative estimate of drug-likeness (QED) is 0.515. The first-order valence-electron chi connectivity index (χ1n) is 8.55. The molecule has 26 heavy (non-hydrogen) atoms. The summed E-state index contributed by atoms with van der Waals surface area (Å²) in [6.45, 7) is 7.55. The van der Waals surface area contributed by atoms with Crippen LogP contribution in [0.2, 0.25) is 0 Å². The lowest BCUT2D eigenvalue weighted by Crippen LogP contribution is -2.36. The Morgan fingerprint density at radius 3 is 2.77 bits per heavy atom. The predicted molar refractivity (Wildman–Crippen MR) is 104 cm³/mol. The molecule has 0 radical (unpaired) electrons. The molecule has 3 rings (SSSR count). The second-order valence-electron chi connectivity index (χ2n) is 6.49. The van der Waals surface area contributed by atoms with E-state index in [1.54, 1.807) is 29.5 Å². The van der Waals surface area contributed by atoms with Gasteiger partial charge >= 0.3 is 0 Å². The van der Waals surface area contributed by atoms with Gasteiger partial charge in [-0.2, -0.15) is 0 Å². The first-order chi connectivity index (χ1) is 12.4. The van der Waals surface area contributed by atoms with Gasteiger partial charge in [0.25, 0.3) is 5.91 Å². The molecule has 1 amide bonds. The second-order valence-corrected chi connectivity index (χ2v) is 7.67. The minimum absolute atomic E-state index is 0.0235. The Morgan fingerprint density at radius 1 is 1.27 bits per heavy atom. The molecule has 1 saturated heterocycles. The maximum atomic E-state index is 12.0. The highest BCUT2D eigenvalue weighted by molar-refractivity contribution is 7.15. The number of amides is 1. The zero-order chi connectivity index (χ0) is 18.7. The van der Waals surface area contributed by atoms with Crippen LogP contribution >= 0.6 is 11.3 Å². The summed E-state index contributed by atoms with van der Waals surface area (Å²) in [7, 11) is 0. The number of carbonyl (C=O) groups excluding carboxylic acids is 2. The largest absolute Gasteiger partial charge is 0.346 e. The van der Waals surface area contributed by atoms with Crippen molar-refractivity contribution in [2.24, 2.45) is 0 Å². The Kier molecular flexibility index (Phi) is 5.38. The number of nitrogens with zero attached hydrogens (tertiary/aromatic N) is 2. The van der Waals surface area contributed by atoms with Crippen molar-refractivity contribution in [2.75, 3.05) is 18.0 Å². The van der Waals surface area contributed by atoms with Crippen LogP contribution < -0.4 is 10.2 Å². The van der Waals surface area contributed by atoms with E-state index in [0.717, 1.165) is 29.4 Å². The van der Waals surface area contributed by atoms with Gasteiger partial charge in [0, 0.05) is 35.5 Å². The molecule has 1 aromatic heterocycles. The number of thiazole rings is 1. The van der Waals surface area contributed by atoms with Crippen LogP contribution in [-0.2, 0) is 4.79 Å². The van der Waals surface area contributed by atoms with Crippen LogP contribution in [0.1, 0.15) is 32.9 Å². The third kappa shape index (κ3) is 4.30. The molecule has 0 saturated carbocycles. The zero-order valence-corrected chi connectivity index (χ0v) is 15.9. The van der Waals surface area contributed by atoms with E-state index in [1.165, 1.54) is 4.88 Å². The predicted octanol–water partition coefficient (Wildman–Crippen LogP) is 2.65. The molecule has 134 valence electrons. The SMILES string of the molecule is Cc1cccc(C(=O)C#CC(=O)NC2CCN(c3nc(C)c(C)s3)C2)c1. The molecule has 6 heteroatoms. The van der Waals surface area contributed by atoms with E-state index in [1.807, 2.05) is 19.9 Å². The number of aryl methyl sites for hydroxylation is 3. The van der Waals surface area contributed by atoms with Crippen molar-refractivity contribution < 1.29 is 9.59 Å². The summed E-state index contributed by atoms with van der Waals surface area (Å²) in [6, 6.07) is 7.21. The smallest absolute Gasteiger partial charge is 0.296 e. The van der Waals surface area contributed by atoms with Crippen molar-refractivity contribution in [1.29, 1.82) is 0 Å². The lowest BCUT2D eigenvalue weighted by Gasteiger charge is -2.14. The number of anilines is 1. The van der Waals surface area contributed by atoms with Gasteiger partial charge in [-0.25, -0.2) is 4.98 Å². The number of Topliss-reactive ketones (excluding diaryl/α,β-unsaturated/α-hetero) is 1. The van der Waals surface area contributed by atoms with Crippen LogP contribution in [0, 0.1) is 32.6 Å². The summed E-state index contributed by atoms with van der Waals surface area (Å²) in [6.07, 6.45) is 0.844. The summed E-state index contributed by atoms with van der Waals surface area (Å²) < 4.78 is 0. The van der Waals surface area contributed by atoms with Crippen molar-refractivity contribution >= 4 is 28.2 Å². The molecule has 1 aromatic carbocycles. The van der Waals surface area contributed by atoms with Gasteiger partial charge in [0.2, 0.25) is 5.78 Å². The van der Waals surface area contributed by atoms with E-state index in [-0.39, 0.29) is 11.8 Å². The fourth-order valence-electron chi connectivity index (χ4n) is 2.84. The number of carbonyl (C=O) groups is 2. The topological polar surface area (TPSA) is 62.3 Å². The standard InChI is InChI=1S/C20H21N3O2S/c1-13-5-4-6-16(11-13)18(24)7-8-19(25)22-17-9-10-23(12-17)20-21-14(2)15(3)26-20/h4-6,11,17H,9-10,12H2,1-3H3,(H,22,25). The molecular weight excluding hydrogens is 346 g/mol. The maximum Gasteiger partial charge on any atom is 0.296 e. The fourth-order valence-corrected chi connectivity index (χ4v) is 3.78. The van der Waals surface area contributed by atoms with E-state index in [2.05, 4.69) is 34.0 Å². The summed E-state index contributed by atoms with van der Waals surface area (Å²) in [5.74, 6) is 4.09. The number of nitrogens with one attached hydrogen (secondary N) is 1. The highest BCUT2D eigenvalue weighted by atomic mass is 32.1. The van der Waals surface area contributed by atoms with Crippen LogP contribution in [0.25, 0.3) is 0 Å². The normalized spacial score (nSPS) is 16.1. The molecule has 0 bridgehead atoms. The molecule has 1 aliphatic rings. The Hall–Kier alpha value is -2.65. The molecule has 2 aromatic rings. The number of rotatable bonds is 3. The van der Waals surface area contributed by atoms with Gasteiger partial charge in [-0.05, 0) is 39.2 Å². The Labute approximate surface area is 157 Å². The monoisotopic (exact) mass is 367 g/mol. The van der Waals surface area contributed by atoms with Gasteiger partial charge in [0.1, 0.15) is 0 Å². The summed E-state index contributed by atoms with van der Waals surface area (Å²) in [4.78, 5) is 32.0. The number of hydrogen-bond acceptors (Lipinski definition) is 5. The Balaban J connectivity index is 1.55. The molecule has 2 heterocycles. The summed E-state index contributed by atoms with van der Waals surface area (Å²) in [5, 5.41) is 3.89. The van der Waals surface area contributed by atoms with Crippen molar-refractivity contribution in [3.05, 3.63) is 46.0 Å². The van der Waals surface area contributed by atoms with E-state index in [0.29, 0.717) is 12.1 Å². The summed E-state index contributed by atoms with van der Waals surface area (Å²) >= 11 is 1.67. The lowest BCUT2D eigenvalue weighted by molar-refractivity contribution is -0.116. The molecule has 1 N–H and O–H groups in total. The van der Waals surface area contributed by atoms with Gasteiger partial charge in [-0.3, -0.25) is 9.59 Å². The van der Waals surface area contributed by atoms with Gasteiger partial charge < -0.3 is 10.2 Å². The van der Waals surface area contributed by atoms with Crippen LogP contribution in [0.4, 0.5) is 5.13 Å². The second kappa shape index (κ2) is 7.71. The number of ketones is 1. The minimum atomic E-state index is -0.413. The molecular formula is C20H21N3O2S. The van der Waals surface area contributed by atoms with Crippen molar-refractivity contribution in [3.63, 3.8) is 0 Å².